The van der Waals surface area contributed by atoms with Crippen LogP contribution in [0, 0.1) is 6.92 Å². The minimum Gasteiger partial charge on any atom is -0.368 e. The summed E-state index contributed by atoms with van der Waals surface area (Å²) in [5.41, 5.74) is 4.20. The van der Waals surface area contributed by atoms with Gasteiger partial charge in [-0.2, -0.15) is 0 Å². The molecule has 0 spiro atoms. The number of nitrogens with one attached hydrogen (secondary N) is 1. The van der Waals surface area contributed by atoms with Gasteiger partial charge in [-0.3, -0.25) is 9.78 Å². The number of hydrogen-bond acceptors (Lipinski definition) is 5. The molecule has 1 fully saturated rings. The van der Waals surface area contributed by atoms with Crippen LogP contribution in [0.4, 0.5) is 17.1 Å². The van der Waals surface area contributed by atoms with E-state index in [1.165, 1.54) is 5.69 Å². The van der Waals surface area contributed by atoms with E-state index in [0.717, 1.165) is 48.0 Å². The zero-order valence-electron chi connectivity index (χ0n) is 19.7. The van der Waals surface area contributed by atoms with Crippen molar-refractivity contribution in [2.45, 2.75) is 18.2 Å². The summed E-state index contributed by atoms with van der Waals surface area (Å²) < 4.78 is 14.3. The van der Waals surface area contributed by atoms with Crippen molar-refractivity contribution in [3.63, 3.8) is 0 Å². The predicted molar refractivity (Wildman–Crippen MR) is 139 cm³/mol. The van der Waals surface area contributed by atoms with Gasteiger partial charge in [-0.25, -0.2) is 8.51 Å². The van der Waals surface area contributed by atoms with E-state index < -0.39 is 11.0 Å². The molecule has 4 rings (SSSR count). The van der Waals surface area contributed by atoms with Gasteiger partial charge in [0.1, 0.15) is 11.0 Å². The minimum absolute atomic E-state index is 0.0909. The highest BCUT2D eigenvalue weighted by atomic mass is 32.2. The van der Waals surface area contributed by atoms with Crippen LogP contribution in [0.15, 0.2) is 78.0 Å². The summed E-state index contributed by atoms with van der Waals surface area (Å²) in [6, 6.07) is 19.7. The SMILES string of the molecule is Cc1cccc(S(=O)N(C)CCC(=O)Nc2ccc(N3CCN(c4ccncc4)CC3)cc2)c1. The largest absolute Gasteiger partial charge is 0.368 e. The Morgan fingerprint density at radius 2 is 1.59 bits per heavy atom. The maximum atomic E-state index is 12.7. The van der Waals surface area contributed by atoms with Gasteiger partial charge in [0.15, 0.2) is 0 Å². The van der Waals surface area contributed by atoms with E-state index in [0.29, 0.717) is 6.54 Å². The number of carbonyl (C=O) groups excluding carboxylic acids is 1. The third-order valence-electron chi connectivity index (χ3n) is 5.95. The maximum Gasteiger partial charge on any atom is 0.225 e. The van der Waals surface area contributed by atoms with Gasteiger partial charge in [0.25, 0.3) is 0 Å². The molecule has 8 heteroatoms. The average molecular weight is 478 g/mol. The summed E-state index contributed by atoms with van der Waals surface area (Å²) in [7, 11) is 0.492. The van der Waals surface area contributed by atoms with E-state index in [1.807, 2.05) is 67.8 Å². The first-order valence-corrected chi connectivity index (χ1v) is 12.6. The molecule has 178 valence electrons. The van der Waals surface area contributed by atoms with Crippen molar-refractivity contribution in [2.75, 3.05) is 54.9 Å². The van der Waals surface area contributed by atoms with E-state index in [9.17, 15) is 9.00 Å². The number of benzene rings is 2. The Morgan fingerprint density at radius 3 is 2.21 bits per heavy atom. The average Bonchev–Trinajstić information content (AvgIpc) is 2.88. The molecule has 1 saturated heterocycles. The third-order valence-corrected chi connectivity index (χ3v) is 7.36. The molecular formula is C26H31N5O2S. The van der Waals surface area contributed by atoms with Crippen molar-refractivity contribution < 1.29 is 9.00 Å². The lowest BCUT2D eigenvalue weighted by Crippen LogP contribution is -2.46. The fourth-order valence-electron chi connectivity index (χ4n) is 4.00. The van der Waals surface area contributed by atoms with Crippen LogP contribution in [0.2, 0.25) is 0 Å². The Bertz CT molecular complexity index is 1120. The molecule has 0 saturated carbocycles. The molecule has 1 N–H and O–H groups in total. The number of aromatic nitrogens is 1. The fourth-order valence-corrected chi connectivity index (χ4v) is 5.10. The van der Waals surface area contributed by atoms with Crippen LogP contribution in [0.25, 0.3) is 0 Å². The molecule has 1 aliphatic rings. The Labute approximate surface area is 204 Å². The van der Waals surface area contributed by atoms with Gasteiger partial charge in [-0.1, -0.05) is 12.1 Å². The molecular weight excluding hydrogens is 446 g/mol. The van der Waals surface area contributed by atoms with Crippen LogP contribution in [0.1, 0.15) is 12.0 Å². The van der Waals surface area contributed by atoms with E-state index in [-0.39, 0.29) is 12.3 Å². The first-order chi connectivity index (χ1) is 16.5. The third kappa shape index (κ3) is 6.21. The first kappa shape index (κ1) is 23.9. The van der Waals surface area contributed by atoms with Gasteiger partial charge in [0.2, 0.25) is 5.91 Å². The lowest BCUT2D eigenvalue weighted by molar-refractivity contribution is -0.116. The maximum absolute atomic E-state index is 12.7. The number of anilines is 3. The van der Waals surface area contributed by atoms with Crippen molar-refractivity contribution in [3.8, 4) is 0 Å². The van der Waals surface area contributed by atoms with Gasteiger partial charge in [0, 0.05) is 75.6 Å². The quantitative estimate of drug-likeness (QED) is 0.536. The molecule has 7 nitrogen and oxygen atoms in total. The lowest BCUT2D eigenvalue weighted by Gasteiger charge is -2.37. The Hall–Kier alpha value is -3.23. The molecule has 1 amide bonds. The van der Waals surface area contributed by atoms with Crippen molar-refractivity contribution in [2.24, 2.45) is 0 Å². The number of rotatable bonds is 8. The summed E-state index contributed by atoms with van der Waals surface area (Å²) in [5, 5.41) is 2.95. The molecule has 1 atom stereocenters. The van der Waals surface area contributed by atoms with Crippen LogP contribution < -0.4 is 15.1 Å². The summed E-state index contributed by atoms with van der Waals surface area (Å²) in [4.78, 5) is 22.0. The van der Waals surface area contributed by atoms with E-state index in [1.54, 1.807) is 11.4 Å². The van der Waals surface area contributed by atoms with Gasteiger partial charge >= 0.3 is 0 Å². The summed E-state index contributed by atoms with van der Waals surface area (Å²) in [6.45, 7) is 6.19. The molecule has 1 aromatic heterocycles. The summed E-state index contributed by atoms with van der Waals surface area (Å²) >= 11 is 0. The van der Waals surface area contributed by atoms with Crippen LogP contribution in [0.5, 0.6) is 0 Å². The van der Waals surface area contributed by atoms with Crippen molar-refractivity contribution in [3.05, 3.63) is 78.6 Å². The van der Waals surface area contributed by atoms with Gasteiger partial charge in [-0.15, -0.1) is 0 Å². The first-order valence-electron chi connectivity index (χ1n) is 11.5. The molecule has 0 bridgehead atoms. The van der Waals surface area contributed by atoms with Crippen LogP contribution in [-0.4, -0.2) is 59.2 Å². The number of amides is 1. The fraction of sp³-hybridized carbons (Fsp3) is 0.308. The zero-order valence-corrected chi connectivity index (χ0v) is 20.5. The van der Waals surface area contributed by atoms with Crippen LogP contribution in [-0.2, 0) is 15.8 Å². The second kappa shape index (κ2) is 11.3. The van der Waals surface area contributed by atoms with Crippen molar-refractivity contribution >= 4 is 34.0 Å². The smallest absolute Gasteiger partial charge is 0.225 e. The highest BCUT2D eigenvalue weighted by molar-refractivity contribution is 7.82. The topological polar surface area (TPSA) is 68.8 Å². The van der Waals surface area contributed by atoms with Crippen LogP contribution in [0.3, 0.4) is 0 Å². The Balaban J connectivity index is 1.23. The number of pyridine rings is 1. The molecule has 0 aliphatic carbocycles. The highest BCUT2D eigenvalue weighted by Crippen LogP contribution is 2.22. The number of aryl methyl sites for hydroxylation is 1. The number of piperazine rings is 1. The molecule has 2 heterocycles. The standard InChI is InChI=1S/C26H31N5O2S/c1-21-4-3-5-25(20-21)34(33)29(2)15-12-26(32)28-22-6-8-23(9-7-22)30-16-18-31(19-17-30)24-10-13-27-14-11-24/h3-11,13-14,20H,12,15-19H2,1-2H3,(H,28,32). The lowest BCUT2D eigenvalue weighted by atomic mass is 10.2. The summed E-state index contributed by atoms with van der Waals surface area (Å²) in [6.07, 6.45) is 3.93. The van der Waals surface area contributed by atoms with Gasteiger partial charge in [-0.05, 0) is 61.0 Å². The predicted octanol–water partition coefficient (Wildman–Crippen LogP) is 3.70. The molecule has 1 aliphatic heterocycles. The van der Waals surface area contributed by atoms with Crippen molar-refractivity contribution in [1.82, 2.24) is 9.29 Å². The highest BCUT2D eigenvalue weighted by Gasteiger charge is 2.18. The van der Waals surface area contributed by atoms with Gasteiger partial charge in [0.05, 0.1) is 4.90 Å². The Morgan fingerprint density at radius 1 is 0.971 bits per heavy atom. The van der Waals surface area contributed by atoms with E-state index in [4.69, 9.17) is 0 Å². The minimum atomic E-state index is -1.28. The van der Waals surface area contributed by atoms with E-state index in [2.05, 4.69) is 32.2 Å². The summed E-state index contributed by atoms with van der Waals surface area (Å²) in [5.74, 6) is -0.0909. The number of hydrogen-bond donors (Lipinski definition) is 1. The number of carbonyl (C=O) groups is 1. The van der Waals surface area contributed by atoms with Crippen LogP contribution >= 0.6 is 0 Å². The Kier molecular flexibility index (Phi) is 7.92. The monoisotopic (exact) mass is 477 g/mol. The molecule has 2 aromatic carbocycles. The van der Waals surface area contributed by atoms with E-state index >= 15 is 0 Å². The molecule has 3 aromatic rings. The van der Waals surface area contributed by atoms with Gasteiger partial charge < -0.3 is 15.1 Å². The molecule has 0 radical (unpaired) electrons. The molecule has 1 unspecified atom stereocenters. The number of nitrogens with zero attached hydrogens (tertiary/aromatic N) is 4. The normalized spacial score (nSPS) is 14.8. The zero-order chi connectivity index (χ0) is 23.9. The second-order valence-electron chi connectivity index (χ2n) is 8.44. The molecule has 34 heavy (non-hydrogen) atoms. The second-order valence-corrected chi connectivity index (χ2v) is 10.0. The van der Waals surface area contributed by atoms with Crippen molar-refractivity contribution in [1.29, 1.82) is 0 Å².